The van der Waals surface area contributed by atoms with Crippen molar-refractivity contribution >= 4 is 0 Å². The second-order valence-electron chi connectivity index (χ2n) is 3.18. The zero-order chi connectivity index (χ0) is 11.3. The van der Waals surface area contributed by atoms with Gasteiger partial charge in [-0.3, -0.25) is 0 Å². The van der Waals surface area contributed by atoms with Gasteiger partial charge < -0.3 is 9.84 Å². The highest BCUT2D eigenvalue weighted by Gasteiger charge is 2.08. The van der Waals surface area contributed by atoms with Gasteiger partial charge in [0, 0.05) is 12.5 Å². The van der Waals surface area contributed by atoms with E-state index in [9.17, 15) is 0 Å². The number of ether oxygens (including phenoxy) is 1. The average Bonchev–Trinajstić information content (AvgIpc) is 2.28. The average molecular weight is 204 g/mol. The molecule has 15 heavy (non-hydrogen) atoms. The van der Waals surface area contributed by atoms with Crippen molar-refractivity contribution in [2.24, 2.45) is 0 Å². The molecule has 0 bridgehead atoms. The molecule has 0 spiro atoms. The Kier molecular flexibility index (Phi) is 4.14. The highest BCUT2D eigenvalue weighted by Crippen LogP contribution is 2.24. The Hall–Kier alpha value is -1.53. The van der Waals surface area contributed by atoms with Crippen molar-refractivity contribution in [2.75, 3.05) is 13.2 Å². The van der Waals surface area contributed by atoms with Crippen molar-refractivity contribution < 1.29 is 9.84 Å². The first-order valence-electron chi connectivity index (χ1n) is 4.83. The van der Waals surface area contributed by atoms with Crippen molar-refractivity contribution in [3.05, 3.63) is 36.2 Å². The van der Waals surface area contributed by atoms with Gasteiger partial charge in [0.2, 0.25) is 0 Å². The minimum absolute atomic E-state index is 0.0164. The fourth-order valence-electron chi connectivity index (χ4n) is 1.27. The third-order valence-electron chi connectivity index (χ3n) is 2.12. The molecule has 1 N–H and O–H groups in total. The molecule has 1 aromatic carbocycles. The first kappa shape index (κ1) is 11.5. The van der Waals surface area contributed by atoms with Gasteiger partial charge in [-0.2, -0.15) is 5.26 Å². The summed E-state index contributed by atoms with van der Waals surface area (Å²) in [6.07, 6.45) is 0. The second-order valence-corrected chi connectivity index (χ2v) is 3.18. The lowest BCUT2D eigenvalue weighted by molar-refractivity contribution is 0.282. The number of hydrogen-bond acceptors (Lipinski definition) is 3. The molecule has 3 nitrogen and oxygen atoms in total. The van der Waals surface area contributed by atoms with Crippen molar-refractivity contribution in [1.82, 2.24) is 0 Å². The molecule has 0 heterocycles. The Balaban J connectivity index is 3.05. The molecular formula is C12H14NO2. The molecule has 0 aliphatic rings. The van der Waals surface area contributed by atoms with Crippen LogP contribution in [0.4, 0.5) is 0 Å². The lowest BCUT2D eigenvalue weighted by Gasteiger charge is -2.11. The Labute approximate surface area is 89.9 Å². The van der Waals surface area contributed by atoms with Crippen molar-refractivity contribution in [1.29, 1.82) is 5.26 Å². The quantitative estimate of drug-likeness (QED) is 0.814. The van der Waals surface area contributed by atoms with Crippen LogP contribution < -0.4 is 4.74 Å². The molecule has 1 rings (SSSR count). The lowest BCUT2D eigenvalue weighted by Crippen LogP contribution is -2.01. The van der Waals surface area contributed by atoms with Gasteiger partial charge in [-0.25, -0.2) is 0 Å². The molecule has 79 valence electrons. The van der Waals surface area contributed by atoms with E-state index in [1.807, 2.05) is 6.92 Å². The summed E-state index contributed by atoms with van der Waals surface area (Å²) in [6.45, 7) is 6.15. The van der Waals surface area contributed by atoms with Crippen molar-refractivity contribution in [3.63, 3.8) is 0 Å². The first-order chi connectivity index (χ1) is 7.22. The minimum atomic E-state index is -0.183. The largest absolute Gasteiger partial charge is 0.492 e. The van der Waals surface area contributed by atoms with E-state index in [-0.39, 0.29) is 12.5 Å². The summed E-state index contributed by atoms with van der Waals surface area (Å²) in [4.78, 5) is 0. The SMILES string of the molecule is [CH2]C(CO)c1ccc(C#N)c(OCC)c1. The van der Waals surface area contributed by atoms with E-state index >= 15 is 0 Å². The molecule has 3 heteroatoms. The number of hydrogen-bond donors (Lipinski definition) is 1. The van der Waals surface area contributed by atoms with Gasteiger partial charge in [0.15, 0.2) is 0 Å². The smallest absolute Gasteiger partial charge is 0.137 e. The van der Waals surface area contributed by atoms with Gasteiger partial charge in [-0.1, -0.05) is 6.07 Å². The predicted octanol–water partition coefficient (Wildman–Crippen LogP) is 1.87. The summed E-state index contributed by atoms with van der Waals surface area (Å²) in [5, 5.41) is 17.8. The third-order valence-corrected chi connectivity index (χ3v) is 2.12. The van der Waals surface area contributed by atoms with Crippen LogP contribution in [0.1, 0.15) is 24.0 Å². The van der Waals surface area contributed by atoms with Crippen LogP contribution in [-0.4, -0.2) is 18.3 Å². The molecular weight excluding hydrogens is 190 g/mol. The summed E-state index contributed by atoms with van der Waals surface area (Å²) < 4.78 is 5.33. The molecule has 0 aliphatic carbocycles. The number of benzene rings is 1. The van der Waals surface area contributed by atoms with E-state index in [4.69, 9.17) is 15.1 Å². The maximum Gasteiger partial charge on any atom is 0.137 e. The Morgan fingerprint density at radius 2 is 2.33 bits per heavy atom. The fraction of sp³-hybridized carbons (Fsp3) is 0.333. The monoisotopic (exact) mass is 204 g/mol. The van der Waals surface area contributed by atoms with Gasteiger partial charge >= 0.3 is 0 Å². The van der Waals surface area contributed by atoms with E-state index in [1.165, 1.54) is 0 Å². The Morgan fingerprint density at radius 1 is 1.60 bits per heavy atom. The summed E-state index contributed by atoms with van der Waals surface area (Å²) in [7, 11) is 0. The number of rotatable bonds is 4. The van der Waals surface area contributed by atoms with Crippen LogP contribution in [0.5, 0.6) is 5.75 Å². The maximum atomic E-state index is 8.97. The highest BCUT2D eigenvalue weighted by atomic mass is 16.5. The molecule has 0 saturated heterocycles. The Bertz CT molecular complexity index is 368. The molecule has 1 unspecified atom stereocenters. The standard InChI is InChI=1S/C12H14NO2/c1-3-15-12-6-10(9(2)8-14)4-5-11(12)7-13/h4-6,9,14H,2-3,8H2,1H3. The van der Waals surface area contributed by atoms with Gasteiger partial charge in [-0.05, 0) is 31.5 Å². The zero-order valence-electron chi connectivity index (χ0n) is 8.73. The summed E-state index contributed by atoms with van der Waals surface area (Å²) in [6, 6.07) is 7.29. The van der Waals surface area contributed by atoms with Crippen LogP contribution in [0, 0.1) is 18.3 Å². The van der Waals surface area contributed by atoms with Crippen LogP contribution in [0.15, 0.2) is 18.2 Å². The van der Waals surface area contributed by atoms with Crippen molar-refractivity contribution in [2.45, 2.75) is 12.8 Å². The zero-order valence-corrected chi connectivity index (χ0v) is 8.73. The molecule has 0 fully saturated rings. The maximum absolute atomic E-state index is 8.97. The van der Waals surface area contributed by atoms with Crippen LogP contribution in [0.2, 0.25) is 0 Å². The second kappa shape index (κ2) is 5.38. The topological polar surface area (TPSA) is 53.2 Å². The molecule has 0 aromatic heterocycles. The van der Waals surface area contributed by atoms with Crippen LogP contribution in [0.25, 0.3) is 0 Å². The normalized spacial score (nSPS) is 11.9. The number of aliphatic hydroxyl groups is 1. The van der Waals surface area contributed by atoms with E-state index in [2.05, 4.69) is 13.0 Å². The summed E-state index contributed by atoms with van der Waals surface area (Å²) >= 11 is 0. The molecule has 0 aliphatic heterocycles. The van der Waals surface area contributed by atoms with Gasteiger partial charge in [0.05, 0.1) is 12.2 Å². The number of aliphatic hydroxyl groups excluding tert-OH is 1. The molecule has 0 amide bonds. The van der Waals surface area contributed by atoms with E-state index in [1.54, 1.807) is 18.2 Å². The summed E-state index contributed by atoms with van der Waals surface area (Å²) in [5.41, 5.74) is 1.38. The Morgan fingerprint density at radius 3 is 2.87 bits per heavy atom. The highest BCUT2D eigenvalue weighted by molar-refractivity contribution is 5.46. The van der Waals surface area contributed by atoms with Crippen LogP contribution in [0.3, 0.4) is 0 Å². The van der Waals surface area contributed by atoms with Gasteiger partial charge in [-0.15, -0.1) is 0 Å². The molecule has 1 atom stereocenters. The molecule has 0 saturated carbocycles. The van der Waals surface area contributed by atoms with E-state index in [0.29, 0.717) is 17.9 Å². The lowest BCUT2D eigenvalue weighted by atomic mass is 10.0. The van der Waals surface area contributed by atoms with Crippen molar-refractivity contribution in [3.8, 4) is 11.8 Å². The fourth-order valence-corrected chi connectivity index (χ4v) is 1.27. The van der Waals surface area contributed by atoms with Crippen LogP contribution in [-0.2, 0) is 0 Å². The predicted molar refractivity (Wildman–Crippen MR) is 57.5 cm³/mol. The number of nitriles is 1. The summed E-state index contributed by atoms with van der Waals surface area (Å²) in [5.74, 6) is 0.372. The molecule has 1 aromatic rings. The van der Waals surface area contributed by atoms with Gasteiger partial charge in [0.25, 0.3) is 0 Å². The van der Waals surface area contributed by atoms with E-state index in [0.717, 1.165) is 5.56 Å². The van der Waals surface area contributed by atoms with Gasteiger partial charge in [0.1, 0.15) is 11.8 Å². The molecule has 1 radical (unpaired) electrons. The first-order valence-corrected chi connectivity index (χ1v) is 4.83. The third kappa shape index (κ3) is 2.71. The minimum Gasteiger partial charge on any atom is -0.492 e. The van der Waals surface area contributed by atoms with Crippen LogP contribution >= 0.6 is 0 Å². The number of nitrogens with zero attached hydrogens (tertiary/aromatic N) is 1. The van der Waals surface area contributed by atoms with E-state index < -0.39 is 0 Å².